The fourth-order valence-corrected chi connectivity index (χ4v) is 3.40. The fourth-order valence-electron chi connectivity index (χ4n) is 2.31. The Morgan fingerprint density at radius 3 is 2.86 bits per heavy atom. The Labute approximate surface area is 133 Å². The number of aromatic nitrogens is 1. The number of nitrogens with zero attached hydrogens (tertiary/aromatic N) is 1. The zero-order chi connectivity index (χ0) is 15.9. The highest BCUT2D eigenvalue weighted by Gasteiger charge is 2.26. The van der Waals surface area contributed by atoms with Crippen molar-refractivity contribution in [2.45, 2.75) is 19.9 Å². The minimum absolute atomic E-state index is 0.226. The molecule has 0 spiro atoms. The number of carbonyl (C=O) groups excluding carboxylic acids is 1. The first kappa shape index (κ1) is 14.6. The summed E-state index contributed by atoms with van der Waals surface area (Å²) in [5.41, 5.74) is 2.78. The summed E-state index contributed by atoms with van der Waals surface area (Å²) in [6, 6.07) is 5.81. The summed E-state index contributed by atoms with van der Waals surface area (Å²) in [7, 11) is 1.59. The van der Waals surface area contributed by atoms with Gasteiger partial charge in [-0.2, -0.15) is 0 Å². The van der Waals surface area contributed by atoms with Crippen molar-refractivity contribution >= 4 is 33.6 Å². The summed E-state index contributed by atoms with van der Waals surface area (Å²) >= 11 is 1.45. The van der Waals surface area contributed by atoms with Gasteiger partial charge in [0, 0.05) is 17.7 Å². The molecular formula is C16H17N3O2S. The second kappa shape index (κ2) is 5.46. The van der Waals surface area contributed by atoms with Crippen molar-refractivity contribution in [2.24, 2.45) is 0 Å². The topological polar surface area (TPSA) is 63.2 Å². The summed E-state index contributed by atoms with van der Waals surface area (Å²) in [5.74, 6) is 0.462. The summed E-state index contributed by atoms with van der Waals surface area (Å²) in [6.07, 6.45) is 0. The summed E-state index contributed by atoms with van der Waals surface area (Å²) in [6.45, 7) is 8.21. The lowest BCUT2D eigenvalue weighted by atomic mass is 10.0. The first-order chi connectivity index (χ1) is 10.5. The van der Waals surface area contributed by atoms with Crippen molar-refractivity contribution in [3.63, 3.8) is 0 Å². The van der Waals surface area contributed by atoms with E-state index < -0.39 is 0 Å². The number of rotatable bonds is 3. The number of methoxy groups -OCH3 is 1. The van der Waals surface area contributed by atoms with Crippen LogP contribution in [-0.4, -0.2) is 24.0 Å². The van der Waals surface area contributed by atoms with E-state index in [1.807, 2.05) is 26.0 Å². The molecule has 0 saturated heterocycles. The zero-order valence-corrected chi connectivity index (χ0v) is 13.5. The minimum Gasteiger partial charge on any atom is -0.497 e. The molecule has 1 aromatic heterocycles. The maximum absolute atomic E-state index is 12.4. The van der Waals surface area contributed by atoms with Crippen LogP contribution in [0.4, 0.5) is 10.8 Å². The Morgan fingerprint density at radius 2 is 2.18 bits per heavy atom. The van der Waals surface area contributed by atoms with Gasteiger partial charge in [-0.1, -0.05) is 17.9 Å². The smallest absolute Gasteiger partial charge is 0.275 e. The van der Waals surface area contributed by atoms with Gasteiger partial charge < -0.3 is 15.4 Å². The monoisotopic (exact) mass is 315 g/mol. The van der Waals surface area contributed by atoms with E-state index >= 15 is 0 Å². The first-order valence-electron chi connectivity index (χ1n) is 6.96. The third kappa shape index (κ3) is 2.46. The van der Waals surface area contributed by atoms with Crippen LogP contribution in [0.3, 0.4) is 0 Å². The van der Waals surface area contributed by atoms with E-state index in [2.05, 4.69) is 22.2 Å². The lowest BCUT2D eigenvalue weighted by Crippen LogP contribution is -2.13. The van der Waals surface area contributed by atoms with Crippen LogP contribution in [0.2, 0.25) is 0 Å². The summed E-state index contributed by atoms with van der Waals surface area (Å²) in [4.78, 5) is 17.6. The number of benzene rings is 1. The number of nitrogens with one attached hydrogen (secondary N) is 2. The van der Waals surface area contributed by atoms with Gasteiger partial charge in [-0.25, -0.2) is 4.98 Å². The largest absolute Gasteiger partial charge is 0.497 e. The van der Waals surface area contributed by atoms with Gasteiger partial charge in [0.05, 0.1) is 17.7 Å². The number of anilines is 2. The van der Waals surface area contributed by atoms with Crippen LogP contribution in [0.25, 0.3) is 5.57 Å². The lowest BCUT2D eigenvalue weighted by Gasteiger charge is -2.10. The predicted molar refractivity (Wildman–Crippen MR) is 90.0 cm³/mol. The van der Waals surface area contributed by atoms with Crippen LogP contribution >= 0.6 is 11.3 Å². The number of fused-ring (bicyclic) bond motifs is 2. The Balaban J connectivity index is 2.08. The lowest BCUT2D eigenvalue weighted by molar-refractivity contribution is 0.102. The van der Waals surface area contributed by atoms with Crippen LogP contribution in [-0.2, 0) is 0 Å². The Morgan fingerprint density at radius 1 is 1.41 bits per heavy atom. The molecule has 6 heteroatoms. The molecule has 0 fully saturated rings. The Hall–Kier alpha value is -2.34. The van der Waals surface area contributed by atoms with Crippen LogP contribution in [0, 0.1) is 0 Å². The normalized spacial score (nSPS) is 13.3. The van der Waals surface area contributed by atoms with Crippen LogP contribution in [0.15, 0.2) is 24.8 Å². The van der Waals surface area contributed by atoms with E-state index in [1.54, 1.807) is 13.2 Å². The molecule has 1 aromatic carbocycles. The highest BCUT2D eigenvalue weighted by molar-refractivity contribution is 7.17. The predicted octanol–water partition coefficient (Wildman–Crippen LogP) is 3.60. The zero-order valence-electron chi connectivity index (χ0n) is 12.7. The molecule has 0 atom stereocenters. The number of hydrogen-bond acceptors (Lipinski definition) is 5. The van der Waals surface area contributed by atoms with Crippen molar-refractivity contribution in [3.8, 4) is 5.75 Å². The van der Waals surface area contributed by atoms with Crippen LogP contribution in [0.5, 0.6) is 5.75 Å². The second-order valence-electron chi connectivity index (χ2n) is 5.34. The third-order valence-corrected chi connectivity index (χ3v) is 4.37. The van der Waals surface area contributed by atoms with Gasteiger partial charge in [-0.05, 0) is 31.6 Å². The van der Waals surface area contributed by atoms with E-state index in [4.69, 9.17) is 4.74 Å². The summed E-state index contributed by atoms with van der Waals surface area (Å²) in [5, 5.41) is 6.85. The first-order valence-corrected chi connectivity index (χ1v) is 7.77. The third-order valence-electron chi connectivity index (χ3n) is 3.33. The maximum atomic E-state index is 12.4. The van der Waals surface area contributed by atoms with Crippen molar-refractivity contribution in [1.29, 1.82) is 0 Å². The molecule has 114 valence electrons. The van der Waals surface area contributed by atoms with Crippen LogP contribution in [0.1, 0.15) is 34.8 Å². The van der Waals surface area contributed by atoms with Gasteiger partial charge in [-0.15, -0.1) is 0 Å². The maximum Gasteiger partial charge on any atom is 0.275 e. The molecule has 22 heavy (non-hydrogen) atoms. The molecule has 0 radical (unpaired) electrons. The van der Waals surface area contributed by atoms with Crippen molar-refractivity contribution in [2.75, 3.05) is 17.7 Å². The van der Waals surface area contributed by atoms with E-state index in [0.717, 1.165) is 21.1 Å². The fraction of sp³-hybridized carbons (Fsp3) is 0.250. The Bertz CT molecular complexity index is 765. The molecule has 2 aromatic rings. The molecule has 0 saturated carbocycles. The molecule has 2 N–H and O–H groups in total. The Kier molecular flexibility index (Phi) is 3.62. The highest BCUT2D eigenvalue weighted by atomic mass is 32.1. The molecule has 0 aliphatic carbocycles. The van der Waals surface area contributed by atoms with Gasteiger partial charge in [0.1, 0.15) is 11.4 Å². The average Bonchev–Trinajstić information content (AvgIpc) is 2.85. The molecule has 1 aliphatic rings. The van der Waals surface area contributed by atoms with Crippen molar-refractivity contribution in [3.05, 3.63) is 40.9 Å². The van der Waals surface area contributed by atoms with E-state index in [1.165, 1.54) is 11.3 Å². The molecule has 0 unspecified atom stereocenters. The molecule has 3 rings (SSSR count). The summed E-state index contributed by atoms with van der Waals surface area (Å²) < 4.78 is 5.21. The van der Waals surface area contributed by atoms with E-state index in [0.29, 0.717) is 17.1 Å². The highest BCUT2D eigenvalue weighted by Crippen LogP contribution is 2.39. The van der Waals surface area contributed by atoms with Gasteiger partial charge >= 0.3 is 0 Å². The number of amides is 1. The number of hydrogen-bond donors (Lipinski definition) is 2. The van der Waals surface area contributed by atoms with Gasteiger partial charge in [0.15, 0.2) is 5.13 Å². The number of thiazole rings is 1. The number of ether oxygens (including phenoxy) is 1. The number of carbonyl (C=O) groups is 1. The van der Waals surface area contributed by atoms with Gasteiger partial charge in [0.25, 0.3) is 5.91 Å². The SMILES string of the molecule is C=C1c2ccc(OC)cc2NC(=O)c2nc(NC(C)C)sc21. The van der Waals surface area contributed by atoms with Crippen molar-refractivity contribution < 1.29 is 9.53 Å². The molecule has 5 nitrogen and oxygen atoms in total. The van der Waals surface area contributed by atoms with Gasteiger partial charge in [0.2, 0.25) is 0 Å². The molecule has 1 amide bonds. The standard InChI is InChI=1S/C16H17N3O2S/c1-8(2)17-16-19-13-14(22-16)9(3)11-6-5-10(21-4)7-12(11)18-15(13)20/h5-8H,3H2,1-2,4H3,(H,17,19)(H,18,20). The molecule has 2 heterocycles. The molecular weight excluding hydrogens is 298 g/mol. The van der Waals surface area contributed by atoms with E-state index in [9.17, 15) is 4.79 Å². The van der Waals surface area contributed by atoms with Crippen LogP contribution < -0.4 is 15.4 Å². The average molecular weight is 315 g/mol. The van der Waals surface area contributed by atoms with Gasteiger partial charge in [-0.3, -0.25) is 4.79 Å². The van der Waals surface area contributed by atoms with Crippen molar-refractivity contribution in [1.82, 2.24) is 4.98 Å². The minimum atomic E-state index is -0.226. The molecule has 0 bridgehead atoms. The quantitative estimate of drug-likeness (QED) is 0.908. The second-order valence-corrected chi connectivity index (χ2v) is 6.34. The van der Waals surface area contributed by atoms with E-state index in [-0.39, 0.29) is 11.9 Å². The molecule has 1 aliphatic heterocycles.